The van der Waals surface area contributed by atoms with Crippen LogP contribution in [0.15, 0.2) is 24.3 Å². The van der Waals surface area contributed by atoms with Crippen LogP contribution in [-0.4, -0.2) is 25.1 Å². The van der Waals surface area contributed by atoms with Gasteiger partial charge in [0.25, 0.3) is 0 Å². The van der Waals surface area contributed by atoms with Crippen molar-refractivity contribution in [1.29, 1.82) is 0 Å². The van der Waals surface area contributed by atoms with E-state index in [0.717, 1.165) is 24.5 Å². The van der Waals surface area contributed by atoms with Gasteiger partial charge < -0.3 is 15.4 Å². The van der Waals surface area contributed by atoms with E-state index in [-0.39, 0.29) is 12.0 Å². The minimum absolute atomic E-state index is 0.0718. The highest BCUT2D eigenvalue weighted by atomic mass is 16.5. The number of benzene rings is 1. The monoisotopic (exact) mass is 206 g/mol. The minimum atomic E-state index is -0.0718. The Balaban J connectivity index is 2.00. The van der Waals surface area contributed by atoms with Crippen molar-refractivity contribution in [1.82, 2.24) is 5.32 Å². The number of rotatable bonds is 3. The van der Waals surface area contributed by atoms with Gasteiger partial charge in [-0.2, -0.15) is 0 Å². The number of amides is 1. The second kappa shape index (κ2) is 4.31. The third kappa shape index (κ3) is 2.70. The lowest BCUT2D eigenvalue weighted by Gasteiger charge is -2.27. The molecule has 1 saturated heterocycles. The molecule has 0 aliphatic carbocycles. The smallest absolute Gasteiger partial charge is 0.221 e. The molecule has 4 heteroatoms. The summed E-state index contributed by atoms with van der Waals surface area (Å²) in [7, 11) is 0. The standard InChI is InChI=1S/C11H14N2O2/c1-8(14)13-9-3-2-4-10(5-9)15-11-6-12-7-11/h2-5,11-12H,6-7H2,1H3,(H,13,14). The molecule has 0 saturated carbocycles. The number of anilines is 1. The summed E-state index contributed by atoms with van der Waals surface area (Å²) >= 11 is 0. The summed E-state index contributed by atoms with van der Waals surface area (Å²) in [5, 5.41) is 5.85. The lowest BCUT2D eigenvalue weighted by molar-refractivity contribution is -0.114. The van der Waals surface area contributed by atoms with Gasteiger partial charge in [-0.05, 0) is 12.1 Å². The second-order valence-corrected chi connectivity index (χ2v) is 3.61. The first kappa shape index (κ1) is 9.98. The average molecular weight is 206 g/mol. The van der Waals surface area contributed by atoms with Gasteiger partial charge in [-0.15, -0.1) is 0 Å². The van der Waals surface area contributed by atoms with E-state index in [2.05, 4.69) is 10.6 Å². The lowest BCUT2D eigenvalue weighted by Crippen LogP contribution is -2.50. The molecule has 0 unspecified atom stereocenters. The Labute approximate surface area is 88.6 Å². The fourth-order valence-corrected chi connectivity index (χ4v) is 1.39. The van der Waals surface area contributed by atoms with Crippen LogP contribution in [0, 0.1) is 0 Å². The van der Waals surface area contributed by atoms with E-state index >= 15 is 0 Å². The lowest BCUT2D eigenvalue weighted by atomic mass is 10.2. The van der Waals surface area contributed by atoms with E-state index < -0.39 is 0 Å². The maximum atomic E-state index is 10.9. The molecular formula is C11H14N2O2. The summed E-state index contributed by atoms with van der Waals surface area (Å²) in [5.74, 6) is 0.727. The summed E-state index contributed by atoms with van der Waals surface area (Å²) in [5.41, 5.74) is 0.771. The number of carbonyl (C=O) groups excluding carboxylic acids is 1. The fourth-order valence-electron chi connectivity index (χ4n) is 1.39. The van der Waals surface area contributed by atoms with Crippen molar-refractivity contribution in [2.75, 3.05) is 18.4 Å². The first-order chi connectivity index (χ1) is 7.24. The van der Waals surface area contributed by atoms with Gasteiger partial charge in [-0.25, -0.2) is 0 Å². The van der Waals surface area contributed by atoms with Gasteiger partial charge in [0.15, 0.2) is 0 Å². The van der Waals surface area contributed by atoms with E-state index in [0.29, 0.717) is 0 Å². The molecule has 0 atom stereocenters. The molecule has 80 valence electrons. The predicted molar refractivity (Wildman–Crippen MR) is 58.0 cm³/mol. The number of hydrogen-bond acceptors (Lipinski definition) is 3. The Morgan fingerprint density at radius 2 is 2.33 bits per heavy atom. The molecule has 15 heavy (non-hydrogen) atoms. The molecule has 2 N–H and O–H groups in total. The van der Waals surface area contributed by atoms with Crippen molar-refractivity contribution >= 4 is 11.6 Å². The topological polar surface area (TPSA) is 50.4 Å². The number of nitrogens with one attached hydrogen (secondary N) is 2. The van der Waals surface area contributed by atoms with E-state index in [1.165, 1.54) is 6.92 Å². The Hall–Kier alpha value is -1.55. The number of carbonyl (C=O) groups is 1. The van der Waals surface area contributed by atoms with Crippen LogP contribution < -0.4 is 15.4 Å². The summed E-state index contributed by atoms with van der Waals surface area (Å²) in [4.78, 5) is 10.9. The fraction of sp³-hybridized carbons (Fsp3) is 0.364. The van der Waals surface area contributed by atoms with Crippen molar-refractivity contribution in [2.45, 2.75) is 13.0 Å². The van der Waals surface area contributed by atoms with Crippen molar-refractivity contribution < 1.29 is 9.53 Å². The molecule has 0 spiro atoms. The molecule has 1 fully saturated rings. The van der Waals surface area contributed by atoms with E-state index in [4.69, 9.17) is 4.74 Å². The maximum Gasteiger partial charge on any atom is 0.221 e. The van der Waals surface area contributed by atoms with Crippen LogP contribution in [-0.2, 0) is 4.79 Å². The van der Waals surface area contributed by atoms with Gasteiger partial charge in [0.1, 0.15) is 11.9 Å². The zero-order valence-corrected chi connectivity index (χ0v) is 8.62. The summed E-state index contributed by atoms with van der Waals surface area (Å²) in [6.07, 6.45) is 0.262. The van der Waals surface area contributed by atoms with E-state index in [1.54, 1.807) is 0 Å². The Morgan fingerprint density at radius 1 is 1.53 bits per heavy atom. The zero-order valence-electron chi connectivity index (χ0n) is 8.62. The molecular weight excluding hydrogens is 192 g/mol. The van der Waals surface area contributed by atoms with Gasteiger partial charge in [-0.3, -0.25) is 4.79 Å². The zero-order chi connectivity index (χ0) is 10.7. The maximum absolute atomic E-state index is 10.9. The molecule has 0 radical (unpaired) electrons. The van der Waals surface area contributed by atoms with Crippen LogP contribution in [0.2, 0.25) is 0 Å². The summed E-state index contributed by atoms with van der Waals surface area (Å²) < 4.78 is 5.66. The highest BCUT2D eigenvalue weighted by molar-refractivity contribution is 5.88. The van der Waals surface area contributed by atoms with Crippen LogP contribution in [0.5, 0.6) is 5.75 Å². The third-order valence-electron chi connectivity index (χ3n) is 2.20. The molecule has 1 heterocycles. The van der Waals surface area contributed by atoms with Crippen molar-refractivity contribution in [3.8, 4) is 5.75 Å². The van der Waals surface area contributed by atoms with Crippen molar-refractivity contribution in [2.24, 2.45) is 0 Å². The van der Waals surface area contributed by atoms with E-state index in [9.17, 15) is 4.79 Å². The normalized spacial score (nSPS) is 15.5. The summed E-state index contributed by atoms with van der Waals surface area (Å²) in [6, 6.07) is 7.43. The molecule has 1 amide bonds. The molecule has 1 aromatic rings. The van der Waals surface area contributed by atoms with Crippen LogP contribution >= 0.6 is 0 Å². The second-order valence-electron chi connectivity index (χ2n) is 3.61. The van der Waals surface area contributed by atoms with Crippen molar-refractivity contribution in [3.05, 3.63) is 24.3 Å². The SMILES string of the molecule is CC(=O)Nc1cccc(OC2CNC2)c1. The molecule has 1 aliphatic heterocycles. The number of ether oxygens (including phenoxy) is 1. The van der Waals surface area contributed by atoms with Gasteiger partial charge in [-0.1, -0.05) is 6.07 Å². The van der Waals surface area contributed by atoms with Gasteiger partial charge in [0, 0.05) is 31.8 Å². The van der Waals surface area contributed by atoms with Gasteiger partial charge in [0.05, 0.1) is 0 Å². The van der Waals surface area contributed by atoms with Crippen LogP contribution in [0.25, 0.3) is 0 Å². The minimum Gasteiger partial charge on any atom is -0.488 e. The van der Waals surface area contributed by atoms with Crippen LogP contribution in [0.1, 0.15) is 6.92 Å². The number of hydrogen-bond donors (Lipinski definition) is 2. The summed E-state index contributed by atoms with van der Waals surface area (Å²) in [6.45, 7) is 3.28. The van der Waals surface area contributed by atoms with Crippen LogP contribution in [0.3, 0.4) is 0 Å². The quantitative estimate of drug-likeness (QED) is 0.775. The first-order valence-electron chi connectivity index (χ1n) is 4.99. The predicted octanol–water partition coefficient (Wildman–Crippen LogP) is 0.996. The Kier molecular flexibility index (Phi) is 2.87. The highest BCUT2D eigenvalue weighted by Crippen LogP contribution is 2.19. The van der Waals surface area contributed by atoms with Crippen LogP contribution in [0.4, 0.5) is 5.69 Å². The molecule has 1 aromatic carbocycles. The highest BCUT2D eigenvalue weighted by Gasteiger charge is 2.18. The first-order valence-corrected chi connectivity index (χ1v) is 4.99. The van der Waals surface area contributed by atoms with E-state index in [1.807, 2.05) is 24.3 Å². The molecule has 2 rings (SSSR count). The third-order valence-corrected chi connectivity index (χ3v) is 2.20. The van der Waals surface area contributed by atoms with Gasteiger partial charge in [0.2, 0.25) is 5.91 Å². The average Bonchev–Trinajstić information content (AvgIpc) is 2.11. The molecule has 1 aliphatic rings. The Morgan fingerprint density at radius 3 is 2.93 bits per heavy atom. The molecule has 0 aromatic heterocycles. The Bertz CT molecular complexity index is 361. The molecule has 0 bridgehead atoms. The largest absolute Gasteiger partial charge is 0.488 e. The van der Waals surface area contributed by atoms with Crippen molar-refractivity contribution in [3.63, 3.8) is 0 Å². The molecule has 4 nitrogen and oxygen atoms in total. The van der Waals surface area contributed by atoms with Gasteiger partial charge >= 0.3 is 0 Å².